The van der Waals surface area contributed by atoms with Crippen molar-refractivity contribution in [1.82, 2.24) is 0 Å². The first-order valence-corrected chi connectivity index (χ1v) is 6.87. The topological polar surface area (TPSA) is 67.4 Å². The predicted molar refractivity (Wildman–Crippen MR) is 79.7 cm³/mol. The molecule has 5 nitrogen and oxygen atoms in total. The van der Waals surface area contributed by atoms with Crippen LogP contribution in [0.15, 0.2) is 24.3 Å². The lowest BCUT2D eigenvalue weighted by Crippen LogP contribution is -2.31. The Balaban J connectivity index is 2.68. The van der Waals surface area contributed by atoms with E-state index in [2.05, 4.69) is 10.6 Å². The van der Waals surface area contributed by atoms with Gasteiger partial charge in [-0.3, -0.25) is 4.79 Å². The van der Waals surface area contributed by atoms with Crippen LogP contribution in [0, 0.1) is 0 Å². The van der Waals surface area contributed by atoms with Crippen molar-refractivity contribution >= 4 is 23.3 Å². The highest BCUT2D eigenvalue weighted by atomic mass is 16.5. The molecule has 1 unspecified atom stereocenters. The molecule has 0 heterocycles. The molecule has 1 amide bonds. The highest BCUT2D eigenvalue weighted by Gasteiger charge is 2.18. The fourth-order valence-electron chi connectivity index (χ4n) is 1.83. The number of rotatable bonds is 7. The monoisotopic (exact) mass is 278 g/mol. The smallest absolute Gasteiger partial charge is 0.328 e. The SMILES string of the molecule is CCCC(Nc1ccc(NC(C)=O)cc1)C(=O)OCC. The highest BCUT2D eigenvalue weighted by Crippen LogP contribution is 2.16. The summed E-state index contributed by atoms with van der Waals surface area (Å²) in [7, 11) is 0. The molecule has 1 aromatic rings. The number of esters is 1. The molecule has 5 heteroatoms. The number of anilines is 2. The lowest BCUT2D eigenvalue weighted by Gasteiger charge is -2.18. The lowest BCUT2D eigenvalue weighted by molar-refractivity contribution is -0.144. The van der Waals surface area contributed by atoms with Gasteiger partial charge in [0, 0.05) is 18.3 Å². The molecule has 0 fully saturated rings. The van der Waals surface area contributed by atoms with Crippen LogP contribution in [0.25, 0.3) is 0 Å². The van der Waals surface area contributed by atoms with Crippen molar-refractivity contribution in [3.8, 4) is 0 Å². The minimum absolute atomic E-state index is 0.110. The maximum absolute atomic E-state index is 11.8. The number of hydrogen-bond acceptors (Lipinski definition) is 4. The van der Waals surface area contributed by atoms with Crippen molar-refractivity contribution in [2.75, 3.05) is 17.2 Å². The van der Waals surface area contributed by atoms with Gasteiger partial charge in [-0.2, -0.15) is 0 Å². The summed E-state index contributed by atoms with van der Waals surface area (Å²) in [6, 6.07) is 6.89. The lowest BCUT2D eigenvalue weighted by atomic mass is 10.1. The summed E-state index contributed by atoms with van der Waals surface area (Å²) in [6.07, 6.45) is 1.60. The summed E-state index contributed by atoms with van der Waals surface area (Å²) in [5.74, 6) is -0.346. The molecule has 1 atom stereocenters. The molecule has 0 aliphatic rings. The summed E-state index contributed by atoms with van der Waals surface area (Å²) in [6.45, 7) is 5.66. The first-order chi connectivity index (χ1) is 9.56. The first-order valence-electron chi connectivity index (χ1n) is 6.87. The molecule has 0 saturated heterocycles. The van der Waals surface area contributed by atoms with E-state index in [-0.39, 0.29) is 17.9 Å². The Morgan fingerprint density at radius 3 is 2.25 bits per heavy atom. The minimum atomic E-state index is -0.341. The van der Waals surface area contributed by atoms with Gasteiger partial charge in [0.25, 0.3) is 0 Å². The Labute approximate surface area is 119 Å². The highest BCUT2D eigenvalue weighted by molar-refractivity contribution is 5.88. The Hall–Kier alpha value is -2.04. The summed E-state index contributed by atoms with van der Waals surface area (Å²) < 4.78 is 5.05. The zero-order valence-corrected chi connectivity index (χ0v) is 12.2. The van der Waals surface area contributed by atoms with Gasteiger partial charge in [-0.15, -0.1) is 0 Å². The van der Waals surface area contributed by atoms with Crippen LogP contribution < -0.4 is 10.6 Å². The van der Waals surface area contributed by atoms with E-state index in [1.807, 2.05) is 19.1 Å². The molecule has 1 rings (SSSR count). The van der Waals surface area contributed by atoms with Crippen LogP contribution in [-0.2, 0) is 14.3 Å². The number of carbonyl (C=O) groups excluding carboxylic acids is 2. The fourth-order valence-corrected chi connectivity index (χ4v) is 1.83. The van der Waals surface area contributed by atoms with Gasteiger partial charge in [0.05, 0.1) is 6.61 Å². The molecule has 0 aliphatic carbocycles. The van der Waals surface area contributed by atoms with E-state index in [9.17, 15) is 9.59 Å². The third-order valence-electron chi connectivity index (χ3n) is 2.69. The number of hydrogen-bond donors (Lipinski definition) is 2. The maximum Gasteiger partial charge on any atom is 0.328 e. The summed E-state index contributed by atoms with van der Waals surface area (Å²) in [5, 5.41) is 5.85. The number of benzene rings is 1. The van der Waals surface area contributed by atoms with Crippen molar-refractivity contribution in [3.63, 3.8) is 0 Å². The number of amides is 1. The number of ether oxygens (including phenoxy) is 1. The molecule has 0 saturated carbocycles. The summed E-state index contributed by atoms with van der Waals surface area (Å²) in [4.78, 5) is 22.7. The normalized spacial score (nSPS) is 11.6. The fraction of sp³-hybridized carbons (Fsp3) is 0.467. The van der Waals surface area contributed by atoms with Crippen LogP contribution in [0.1, 0.15) is 33.6 Å². The first kappa shape index (κ1) is 16.0. The van der Waals surface area contributed by atoms with Crippen LogP contribution in [0.3, 0.4) is 0 Å². The molecule has 2 N–H and O–H groups in total. The third kappa shape index (κ3) is 5.30. The molecule has 0 bridgehead atoms. The van der Waals surface area contributed by atoms with Gasteiger partial charge in [0.1, 0.15) is 6.04 Å². The van der Waals surface area contributed by atoms with Gasteiger partial charge in [-0.1, -0.05) is 13.3 Å². The Morgan fingerprint density at radius 1 is 1.15 bits per heavy atom. The van der Waals surface area contributed by atoms with Crippen LogP contribution in [0.2, 0.25) is 0 Å². The van der Waals surface area contributed by atoms with Gasteiger partial charge >= 0.3 is 5.97 Å². The zero-order chi connectivity index (χ0) is 15.0. The molecule has 0 aromatic heterocycles. The van der Waals surface area contributed by atoms with E-state index in [1.165, 1.54) is 6.92 Å². The molecule has 110 valence electrons. The van der Waals surface area contributed by atoms with Gasteiger partial charge < -0.3 is 15.4 Å². The Morgan fingerprint density at radius 2 is 1.75 bits per heavy atom. The molecular weight excluding hydrogens is 256 g/mol. The van der Waals surface area contributed by atoms with Gasteiger partial charge in [-0.25, -0.2) is 4.79 Å². The summed E-state index contributed by atoms with van der Waals surface area (Å²) >= 11 is 0. The predicted octanol–water partition coefficient (Wildman–Crippen LogP) is 2.79. The average Bonchev–Trinajstić information content (AvgIpc) is 2.40. The van der Waals surface area contributed by atoms with Crippen molar-refractivity contribution in [3.05, 3.63) is 24.3 Å². The maximum atomic E-state index is 11.8. The van der Waals surface area contributed by atoms with Crippen LogP contribution >= 0.6 is 0 Å². The van der Waals surface area contributed by atoms with Gasteiger partial charge in [0.15, 0.2) is 0 Å². The molecule has 0 spiro atoms. The molecule has 0 aliphatic heterocycles. The van der Waals surface area contributed by atoms with E-state index in [0.29, 0.717) is 13.0 Å². The molecule has 20 heavy (non-hydrogen) atoms. The number of carbonyl (C=O) groups is 2. The largest absolute Gasteiger partial charge is 0.464 e. The average molecular weight is 278 g/mol. The molecular formula is C15H22N2O3. The second-order valence-electron chi connectivity index (χ2n) is 4.50. The number of nitrogens with one attached hydrogen (secondary N) is 2. The van der Waals surface area contributed by atoms with E-state index < -0.39 is 0 Å². The third-order valence-corrected chi connectivity index (χ3v) is 2.69. The Bertz CT molecular complexity index is 443. The van der Waals surface area contributed by atoms with Gasteiger partial charge in [0.2, 0.25) is 5.91 Å². The molecule has 1 aromatic carbocycles. The van der Waals surface area contributed by atoms with Crippen molar-refractivity contribution < 1.29 is 14.3 Å². The van der Waals surface area contributed by atoms with Crippen LogP contribution in [0.4, 0.5) is 11.4 Å². The summed E-state index contributed by atoms with van der Waals surface area (Å²) in [5.41, 5.74) is 1.55. The van der Waals surface area contributed by atoms with Crippen molar-refractivity contribution in [1.29, 1.82) is 0 Å². The van der Waals surface area contributed by atoms with Crippen LogP contribution in [-0.4, -0.2) is 24.5 Å². The zero-order valence-electron chi connectivity index (χ0n) is 12.2. The Kier molecular flexibility index (Phi) is 6.56. The van der Waals surface area contributed by atoms with E-state index in [1.54, 1.807) is 19.1 Å². The quantitative estimate of drug-likeness (QED) is 0.753. The second-order valence-corrected chi connectivity index (χ2v) is 4.50. The van der Waals surface area contributed by atoms with Crippen molar-refractivity contribution in [2.45, 2.75) is 39.7 Å². The van der Waals surface area contributed by atoms with Crippen LogP contribution in [0.5, 0.6) is 0 Å². The van der Waals surface area contributed by atoms with Gasteiger partial charge in [-0.05, 0) is 37.6 Å². The van der Waals surface area contributed by atoms with E-state index in [0.717, 1.165) is 17.8 Å². The standard InChI is InChI=1S/C15H22N2O3/c1-4-6-14(15(19)20-5-2)17-13-9-7-12(8-10-13)16-11(3)18/h7-10,14,17H,4-6H2,1-3H3,(H,16,18). The molecule has 0 radical (unpaired) electrons. The van der Waals surface area contributed by atoms with Crippen molar-refractivity contribution in [2.24, 2.45) is 0 Å². The second kappa shape index (κ2) is 8.19. The minimum Gasteiger partial charge on any atom is -0.464 e. The van der Waals surface area contributed by atoms with E-state index in [4.69, 9.17) is 4.74 Å². The van der Waals surface area contributed by atoms with E-state index >= 15 is 0 Å².